The first-order valence-electron chi connectivity index (χ1n) is 7.55. The van der Waals surface area contributed by atoms with Crippen LogP contribution in [0.4, 0.5) is 0 Å². The lowest BCUT2D eigenvalue weighted by Crippen LogP contribution is -2.33. The fraction of sp³-hybridized carbons (Fsp3) is 0.526. The number of hydrogen-bond acceptors (Lipinski definition) is 2. The monoisotopic (exact) mass is 286 g/mol. The topological polar surface area (TPSA) is 26.3 Å². The number of terminal acetylenes is 1. The zero-order valence-corrected chi connectivity index (χ0v) is 13.6. The SMILES string of the molecule is C#CC(C)CCCCC(C)(C(=O)OC)c1cccc(C)c1. The summed E-state index contributed by atoms with van der Waals surface area (Å²) in [4.78, 5) is 12.3. The maximum atomic E-state index is 12.3. The molecule has 1 aromatic rings. The zero-order chi connectivity index (χ0) is 15.9. The van der Waals surface area contributed by atoms with Crippen molar-refractivity contribution in [3.8, 4) is 12.3 Å². The van der Waals surface area contributed by atoms with Crippen LogP contribution in [0.5, 0.6) is 0 Å². The number of ether oxygens (including phenoxy) is 1. The average molecular weight is 286 g/mol. The molecule has 0 aliphatic carbocycles. The number of hydrogen-bond donors (Lipinski definition) is 0. The Bertz CT molecular complexity index is 513. The minimum Gasteiger partial charge on any atom is -0.468 e. The maximum absolute atomic E-state index is 12.3. The summed E-state index contributed by atoms with van der Waals surface area (Å²) in [6, 6.07) is 8.11. The van der Waals surface area contributed by atoms with Crippen molar-refractivity contribution < 1.29 is 9.53 Å². The number of esters is 1. The molecular weight excluding hydrogens is 260 g/mol. The van der Waals surface area contributed by atoms with Crippen molar-refractivity contribution in [2.24, 2.45) is 5.92 Å². The van der Waals surface area contributed by atoms with Crippen LogP contribution in [0.3, 0.4) is 0 Å². The van der Waals surface area contributed by atoms with Gasteiger partial charge in [-0.05, 0) is 32.3 Å². The standard InChI is InChI=1S/C19H26O2/c1-6-15(2)10-7-8-13-19(4,18(20)21-5)17-12-9-11-16(3)14-17/h1,9,11-12,14-15H,7-8,10,13H2,2-5H3. The predicted octanol–water partition coefficient (Wildman–Crippen LogP) is 4.26. The van der Waals surface area contributed by atoms with E-state index in [2.05, 4.69) is 18.9 Å². The Balaban J connectivity index is 2.81. The van der Waals surface area contributed by atoms with E-state index in [4.69, 9.17) is 11.2 Å². The highest BCUT2D eigenvalue weighted by Gasteiger charge is 2.35. The Morgan fingerprint density at radius 1 is 1.43 bits per heavy atom. The second-order valence-corrected chi connectivity index (χ2v) is 6.01. The maximum Gasteiger partial charge on any atom is 0.315 e. The molecule has 114 valence electrons. The number of carbonyl (C=O) groups excluding carboxylic acids is 1. The molecule has 1 aromatic carbocycles. The van der Waals surface area contributed by atoms with Crippen LogP contribution < -0.4 is 0 Å². The lowest BCUT2D eigenvalue weighted by atomic mass is 9.77. The molecule has 0 heterocycles. The van der Waals surface area contributed by atoms with Crippen LogP contribution in [0.1, 0.15) is 50.7 Å². The third-order valence-electron chi connectivity index (χ3n) is 4.14. The van der Waals surface area contributed by atoms with Crippen LogP contribution >= 0.6 is 0 Å². The summed E-state index contributed by atoms with van der Waals surface area (Å²) in [6.45, 7) is 6.06. The van der Waals surface area contributed by atoms with Crippen molar-refractivity contribution in [3.63, 3.8) is 0 Å². The minimum absolute atomic E-state index is 0.168. The van der Waals surface area contributed by atoms with Crippen LogP contribution in [0.15, 0.2) is 24.3 Å². The predicted molar refractivity (Wildman–Crippen MR) is 87.0 cm³/mol. The Kier molecular flexibility index (Phi) is 6.49. The molecule has 2 heteroatoms. The van der Waals surface area contributed by atoms with E-state index in [-0.39, 0.29) is 5.97 Å². The molecule has 0 aromatic heterocycles. The Morgan fingerprint density at radius 2 is 2.14 bits per heavy atom. The molecule has 0 spiro atoms. The van der Waals surface area contributed by atoms with Crippen LogP contribution in [0.25, 0.3) is 0 Å². The molecular formula is C19H26O2. The van der Waals surface area contributed by atoms with Gasteiger partial charge in [-0.3, -0.25) is 4.79 Å². The molecule has 0 aliphatic heterocycles. The summed E-state index contributed by atoms with van der Waals surface area (Å²) in [5.41, 5.74) is 1.60. The zero-order valence-electron chi connectivity index (χ0n) is 13.6. The van der Waals surface area contributed by atoms with Crippen molar-refractivity contribution in [1.29, 1.82) is 0 Å². The van der Waals surface area contributed by atoms with Crippen molar-refractivity contribution >= 4 is 5.97 Å². The third-order valence-corrected chi connectivity index (χ3v) is 4.14. The highest BCUT2D eigenvalue weighted by Crippen LogP contribution is 2.32. The van der Waals surface area contributed by atoms with Gasteiger partial charge in [0.2, 0.25) is 0 Å². The molecule has 21 heavy (non-hydrogen) atoms. The number of benzene rings is 1. The van der Waals surface area contributed by atoms with Crippen LogP contribution in [-0.2, 0) is 14.9 Å². The first-order valence-corrected chi connectivity index (χ1v) is 7.55. The van der Waals surface area contributed by atoms with Crippen LogP contribution in [0, 0.1) is 25.2 Å². The number of methoxy groups -OCH3 is 1. The van der Waals surface area contributed by atoms with Gasteiger partial charge in [-0.1, -0.05) is 49.6 Å². The van der Waals surface area contributed by atoms with Gasteiger partial charge >= 0.3 is 5.97 Å². The molecule has 0 radical (unpaired) electrons. The summed E-state index contributed by atoms with van der Waals surface area (Å²) in [5.74, 6) is 2.87. The summed E-state index contributed by atoms with van der Waals surface area (Å²) in [7, 11) is 1.46. The van der Waals surface area contributed by atoms with Crippen LogP contribution in [-0.4, -0.2) is 13.1 Å². The molecule has 0 saturated carbocycles. The molecule has 0 saturated heterocycles. The van der Waals surface area contributed by atoms with Gasteiger partial charge in [0.15, 0.2) is 0 Å². The van der Waals surface area contributed by atoms with E-state index >= 15 is 0 Å². The Hall–Kier alpha value is -1.75. The van der Waals surface area contributed by atoms with Gasteiger partial charge in [0, 0.05) is 5.92 Å². The number of unbranched alkanes of at least 4 members (excludes halogenated alkanes) is 1. The summed E-state index contributed by atoms with van der Waals surface area (Å²) >= 11 is 0. The Labute approximate surface area is 128 Å². The lowest BCUT2D eigenvalue weighted by Gasteiger charge is -2.27. The van der Waals surface area contributed by atoms with Crippen molar-refractivity contribution in [2.75, 3.05) is 7.11 Å². The highest BCUT2D eigenvalue weighted by molar-refractivity contribution is 5.82. The van der Waals surface area contributed by atoms with Crippen molar-refractivity contribution in [2.45, 2.75) is 51.9 Å². The first kappa shape index (κ1) is 17.3. The molecule has 0 N–H and O–H groups in total. The normalized spacial score (nSPS) is 14.8. The van der Waals surface area contributed by atoms with E-state index < -0.39 is 5.41 Å². The molecule has 0 bridgehead atoms. The first-order chi connectivity index (χ1) is 9.93. The van der Waals surface area contributed by atoms with E-state index in [1.165, 1.54) is 7.11 Å². The molecule has 0 amide bonds. The lowest BCUT2D eigenvalue weighted by molar-refractivity contribution is -0.147. The molecule has 2 atom stereocenters. The van der Waals surface area contributed by atoms with Crippen molar-refractivity contribution in [1.82, 2.24) is 0 Å². The van der Waals surface area contributed by atoms with E-state index in [0.29, 0.717) is 5.92 Å². The van der Waals surface area contributed by atoms with Crippen LogP contribution in [0.2, 0.25) is 0 Å². The van der Waals surface area contributed by atoms with E-state index in [1.807, 2.05) is 32.0 Å². The van der Waals surface area contributed by atoms with Gasteiger partial charge in [0.05, 0.1) is 12.5 Å². The second-order valence-electron chi connectivity index (χ2n) is 6.01. The summed E-state index contributed by atoms with van der Waals surface area (Å²) in [5, 5.41) is 0. The third kappa shape index (κ3) is 4.63. The number of carbonyl (C=O) groups is 1. The van der Waals surface area contributed by atoms with E-state index in [0.717, 1.165) is 36.8 Å². The smallest absolute Gasteiger partial charge is 0.315 e. The second kappa shape index (κ2) is 7.88. The van der Waals surface area contributed by atoms with Gasteiger partial charge in [0.25, 0.3) is 0 Å². The summed E-state index contributed by atoms with van der Waals surface area (Å²) in [6.07, 6.45) is 9.17. The number of rotatable bonds is 7. The van der Waals surface area contributed by atoms with E-state index in [9.17, 15) is 4.79 Å². The molecule has 2 unspecified atom stereocenters. The van der Waals surface area contributed by atoms with Gasteiger partial charge in [0.1, 0.15) is 0 Å². The summed E-state index contributed by atoms with van der Waals surface area (Å²) < 4.78 is 5.04. The van der Waals surface area contributed by atoms with Gasteiger partial charge < -0.3 is 4.74 Å². The Morgan fingerprint density at radius 3 is 2.71 bits per heavy atom. The van der Waals surface area contributed by atoms with Crippen molar-refractivity contribution in [3.05, 3.63) is 35.4 Å². The number of aryl methyl sites for hydroxylation is 1. The highest BCUT2D eigenvalue weighted by atomic mass is 16.5. The average Bonchev–Trinajstić information content (AvgIpc) is 2.50. The van der Waals surface area contributed by atoms with E-state index in [1.54, 1.807) is 0 Å². The fourth-order valence-corrected chi connectivity index (χ4v) is 2.59. The van der Waals surface area contributed by atoms with Gasteiger partial charge in [-0.15, -0.1) is 12.3 Å². The molecule has 0 fully saturated rings. The quantitative estimate of drug-likeness (QED) is 0.425. The van der Waals surface area contributed by atoms with Gasteiger partial charge in [-0.25, -0.2) is 0 Å². The van der Waals surface area contributed by atoms with Gasteiger partial charge in [-0.2, -0.15) is 0 Å². The molecule has 2 nitrogen and oxygen atoms in total. The molecule has 0 aliphatic rings. The molecule has 1 rings (SSSR count). The largest absolute Gasteiger partial charge is 0.468 e. The fourth-order valence-electron chi connectivity index (χ4n) is 2.59. The minimum atomic E-state index is -0.583.